The highest BCUT2D eigenvalue weighted by molar-refractivity contribution is 7.92. The first-order chi connectivity index (χ1) is 16.7. The number of hydrogen-bond acceptors (Lipinski definition) is 7. The van der Waals surface area contributed by atoms with Crippen LogP contribution in [0.15, 0.2) is 47.4 Å². The number of carbonyl (C=O) groups excluding carboxylic acids is 1. The minimum atomic E-state index is -3.50. The lowest BCUT2D eigenvalue weighted by atomic mass is 10.1. The van der Waals surface area contributed by atoms with Gasteiger partial charge in [0.2, 0.25) is 6.10 Å². The van der Waals surface area contributed by atoms with E-state index in [4.69, 9.17) is 4.74 Å². The van der Waals surface area contributed by atoms with Crippen molar-refractivity contribution < 1.29 is 31.8 Å². The van der Waals surface area contributed by atoms with Crippen molar-refractivity contribution in [1.29, 1.82) is 0 Å². The summed E-state index contributed by atoms with van der Waals surface area (Å²) in [4.78, 5) is 18.2. The Kier molecular flexibility index (Phi) is 7.48. The van der Waals surface area contributed by atoms with E-state index in [0.717, 1.165) is 36.3 Å². The Morgan fingerprint density at radius 3 is 2.49 bits per heavy atom. The largest absolute Gasteiger partial charge is 0.473 e. The van der Waals surface area contributed by atoms with Crippen LogP contribution in [0.1, 0.15) is 47.9 Å². The van der Waals surface area contributed by atoms with Gasteiger partial charge in [0.05, 0.1) is 22.4 Å². The van der Waals surface area contributed by atoms with Crippen LogP contribution >= 0.6 is 11.3 Å². The summed E-state index contributed by atoms with van der Waals surface area (Å²) in [7, 11) is -3.50. The fourth-order valence-electron chi connectivity index (χ4n) is 3.99. The number of sulfone groups is 1. The van der Waals surface area contributed by atoms with E-state index in [9.17, 15) is 27.1 Å². The molecule has 0 bridgehead atoms. The zero-order valence-electron chi connectivity index (χ0n) is 18.8. The summed E-state index contributed by atoms with van der Waals surface area (Å²) in [5.74, 6) is -2.83. The van der Waals surface area contributed by atoms with Crippen molar-refractivity contribution in [2.24, 2.45) is 0 Å². The fourth-order valence-corrected chi connectivity index (χ4v) is 6.67. The van der Waals surface area contributed by atoms with Crippen molar-refractivity contribution in [2.75, 3.05) is 5.32 Å². The Morgan fingerprint density at radius 2 is 1.89 bits per heavy atom. The first-order valence-corrected chi connectivity index (χ1v) is 13.4. The van der Waals surface area contributed by atoms with E-state index in [0.29, 0.717) is 29.5 Å². The average Bonchev–Trinajstić information content (AvgIpc) is 3.49. The molecule has 7 nitrogen and oxygen atoms in total. The number of rotatable bonds is 8. The summed E-state index contributed by atoms with van der Waals surface area (Å²) < 4.78 is 59.1. The van der Waals surface area contributed by atoms with Crippen LogP contribution in [-0.4, -0.2) is 29.7 Å². The maximum absolute atomic E-state index is 14.3. The van der Waals surface area contributed by atoms with Gasteiger partial charge in [-0.15, -0.1) is 11.3 Å². The maximum Gasteiger partial charge on any atom is 0.271 e. The molecule has 3 aromatic rings. The van der Waals surface area contributed by atoms with Gasteiger partial charge in [-0.3, -0.25) is 10.1 Å². The molecule has 2 N–H and O–H groups in total. The molecule has 1 aliphatic carbocycles. The molecular formula is C24H24F2N2O5S2. The van der Waals surface area contributed by atoms with E-state index < -0.39 is 38.7 Å². The van der Waals surface area contributed by atoms with Crippen LogP contribution in [0, 0.1) is 18.6 Å². The molecule has 186 valence electrons. The minimum absolute atomic E-state index is 0.142. The number of carbonyl (C=O) groups is 1. The molecule has 0 aliphatic heterocycles. The predicted octanol–water partition coefficient (Wildman–Crippen LogP) is 4.70. The van der Waals surface area contributed by atoms with Gasteiger partial charge in [0.15, 0.2) is 26.5 Å². The number of anilines is 1. The second kappa shape index (κ2) is 10.4. The van der Waals surface area contributed by atoms with Gasteiger partial charge < -0.3 is 9.84 Å². The molecule has 1 aliphatic rings. The van der Waals surface area contributed by atoms with Gasteiger partial charge >= 0.3 is 0 Å². The molecule has 0 spiro atoms. The molecule has 2 aromatic carbocycles. The number of halogens is 2. The second-order valence-electron chi connectivity index (χ2n) is 8.26. The number of aromatic nitrogens is 1. The van der Waals surface area contributed by atoms with Crippen molar-refractivity contribution >= 4 is 32.2 Å². The monoisotopic (exact) mass is 522 g/mol. The van der Waals surface area contributed by atoms with Crippen LogP contribution in [0.5, 0.6) is 5.75 Å². The minimum Gasteiger partial charge on any atom is -0.473 e. The molecule has 4 rings (SSSR count). The molecule has 1 fully saturated rings. The first kappa shape index (κ1) is 25.2. The molecule has 1 saturated carbocycles. The van der Waals surface area contributed by atoms with E-state index in [1.165, 1.54) is 24.3 Å². The molecule has 1 unspecified atom stereocenters. The first-order valence-electron chi connectivity index (χ1n) is 11.0. The Bertz CT molecular complexity index is 1320. The quantitative estimate of drug-likeness (QED) is 0.444. The molecule has 0 radical (unpaired) electrons. The van der Waals surface area contributed by atoms with Gasteiger partial charge in [0.1, 0.15) is 5.82 Å². The van der Waals surface area contributed by atoms with Crippen LogP contribution in [0.2, 0.25) is 0 Å². The van der Waals surface area contributed by atoms with E-state index in [-0.39, 0.29) is 27.9 Å². The number of nitrogens with zero attached hydrogens (tertiary/aromatic N) is 1. The highest BCUT2D eigenvalue weighted by atomic mass is 32.2. The number of benzene rings is 2. The Morgan fingerprint density at radius 1 is 1.20 bits per heavy atom. The molecule has 1 atom stereocenters. The molecule has 1 heterocycles. The van der Waals surface area contributed by atoms with Crippen LogP contribution < -0.4 is 10.1 Å². The lowest BCUT2D eigenvalue weighted by Gasteiger charge is -2.19. The summed E-state index contributed by atoms with van der Waals surface area (Å²) in [6, 6.07) is 8.42. The van der Waals surface area contributed by atoms with Crippen molar-refractivity contribution in [2.45, 2.75) is 55.5 Å². The van der Waals surface area contributed by atoms with Gasteiger partial charge in [-0.25, -0.2) is 22.2 Å². The zero-order chi connectivity index (χ0) is 25.2. The SMILES string of the molecule is Cc1sc(NC(=O)C(Oc2ccc(F)cc2F)c2ccc(S(=O)(=O)C3CCCC3)cc2)nc1CO. The summed E-state index contributed by atoms with van der Waals surface area (Å²) in [5.41, 5.74) is 0.682. The number of aliphatic hydroxyl groups excluding tert-OH is 1. The van der Waals surface area contributed by atoms with Gasteiger partial charge in [-0.05, 0) is 44.0 Å². The Hall–Kier alpha value is -2.89. The molecular weight excluding hydrogens is 498 g/mol. The number of hydrogen-bond donors (Lipinski definition) is 2. The van der Waals surface area contributed by atoms with Crippen molar-refractivity contribution in [1.82, 2.24) is 4.98 Å². The third-order valence-electron chi connectivity index (χ3n) is 5.90. The molecule has 11 heteroatoms. The molecule has 1 amide bonds. The Balaban J connectivity index is 1.64. The van der Waals surface area contributed by atoms with Gasteiger partial charge in [0, 0.05) is 16.5 Å². The molecule has 1 aromatic heterocycles. The summed E-state index contributed by atoms with van der Waals surface area (Å²) in [6.07, 6.45) is 1.58. The maximum atomic E-state index is 14.3. The highest BCUT2D eigenvalue weighted by Crippen LogP contribution is 2.32. The molecule has 35 heavy (non-hydrogen) atoms. The van der Waals surface area contributed by atoms with Crippen LogP contribution in [0.3, 0.4) is 0 Å². The normalized spacial score (nSPS) is 15.2. The van der Waals surface area contributed by atoms with E-state index in [2.05, 4.69) is 10.3 Å². The average molecular weight is 523 g/mol. The third-order valence-corrected chi connectivity index (χ3v) is 9.11. The number of aryl methyl sites for hydroxylation is 1. The predicted molar refractivity (Wildman–Crippen MR) is 127 cm³/mol. The number of nitrogens with one attached hydrogen (secondary N) is 1. The second-order valence-corrected chi connectivity index (χ2v) is 11.7. The van der Waals surface area contributed by atoms with Crippen LogP contribution in [0.4, 0.5) is 13.9 Å². The fraction of sp³-hybridized carbons (Fsp3) is 0.333. The van der Waals surface area contributed by atoms with Gasteiger partial charge in [-0.2, -0.15) is 0 Å². The lowest BCUT2D eigenvalue weighted by molar-refractivity contribution is -0.123. The number of aliphatic hydroxyl groups is 1. The van der Waals surface area contributed by atoms with E-state index >= 15 is 0 Å². The van der Waals surface area contributed by atoms with E-state index in [1.54, 1.807) is 6.92 Å². The number of thiazole rings is 1. The van der Waals surface area contributed by atoms with Crippen molar-refractivity contribution in [3.8, 4) is 5.75 Å². The van der Waals surface area contributed by atoms with Crippen LogP contribution in [-0.2, 0) is 21.2 Å². The smallest absolute Gasteiger partial charge is 0.271 e. The third kappa shape index (κ3) is 5.52. The van der Waals surface area contributed by atoms with Gasteiger partial charge in [0.25, 0.3) is 5.91 Å². The number of amides is 1. The summed E-state index contributed by atoms with van der Waals surface area (Å²) in [6.45, 7) is 1.44. The van der Waals surface area contributed by atoms with Crippen LogP contribution in [0.25, 0.3) is 0 Å². The van der Waals surface area contributed by atoms with Gasteiger partial charge in [-0.1, -0.05) is 25.0 Å². The molecule has 0 saturated heterocycles. The lowest BCUT2D eigenvalue weighted by Crippen LogP contribution is -2.26. The van der Waals surface area contributed by atoms with E-state index in [1.807, 2.05) is 0 Å². The Labute approximate surface area is 205 Å². The topological polar surface area (TPSA) is 106 Å². The van der Waals surface area contributed by atoms with Crippen molar-refractivity contribution in [3.63, 3.8) is 0 Å². The standard InChI is InChI=1S/C24H24F2N2O5S2/c1-14-20(13-29)27-24(34-14)28-23(30)22(33-21-11-8-16(25)12-19(21)26)15-6-9-18(10-7-15)35(31,32)17-4-2-3-5-17/h6-12,17,22,29H,2-5,13H2,1H3,(H,27,28,30). The highest BCUT2D eigenvalue weighted by Gasteiger charge is 2.31. The van der Waals surface area contributed by atoms with Crippen molar-refractivity contribution in [3.05, 3.63) is 70.2 Å². The zero-order valence-corrected chi connectivity index (χ0v) is 20.5. The number of ether oxygens (including phenoxy) is 1. The summed E-state index contributed by atoms with van der Waals surface area (Å²) >= 11 is 1.15. The summed E-state index contributed by atoms with van der Waals surface area (Å²) in [5, 5.41) is 11.7.